The van der Waals surface area contributed by atoms with Crippen molar-refractivity contribution in [2.24, 2.45) is 5.92 Å². The molecule has 0 aromatic heterocycles. The summed E-state index contributed by atoms with van der Waals surface area (Å²) >= 11 is 6.04. The number of benzene rings is 2. The number of rotatable bonds is 9. The third-order valence-corrected chi connectivity index (χ3v) is 7.55. The van der Waals surface area contributed by atoms with Crippen molar-refractivity contribution in [2.75, 3.05) is 32.4 Å². The molecule has 2 atom stereocenters. The normalized spacial score (nSPS) is 17.6. The highest BCUT2D eigenvalue weighted by atomic mass is 35.5. The number of nitrogens with one attached hydrogen (secondary N) is 2. The minimum absolute atomic E-state index is 0.00417. The molecule has 0 spiro atoms. The predicted octanol–water partition coefficient (Wildman–Crippen LogP) is 4.46. The average molecular weight is 516 g/mol. The molecule has 1 fully saturated rings. The van der Waals surface area contributed by atoms with Gasteiger partial charge in [-0.2, -0.15) is 13.2 Å². The second-order valence-electron chi connectivity index (χ2n) is 8.39. The molecule has 5 nitrogen and oxygen atoms in total. The molecule has 2 N–H and O–H groups in total. The van der Waals surface area contributed by atoms with Gasteiger partial charge in [-0.3, -0.25) is 13.9 Å². The molecule has 1 heterocycles. The molecular weight excluding hydrogens is 487 g/mol. The van der Waals surface area contributed by atoms with Gasteiger partial charge in [0.2, 0.25) is 0 Å². The van der Waals surface area contributed by atoms with Crippen molar-refractivity contribution < 1.29 is 22.2 Å². The Morgan fingerprint density at radius 3 is 2.65 bits per heavy atom. The summed E-state index contributed by atoms with van der Waals surface area (Å²) in [5, 5.41) is 6.17. The quantitative estimate of drug-likeness (QED) is 0.518. The summed E-state index contributed by atoms with van der Waals surface area (Å²) in [5.41, 5.74) is -0.151. The van der Waals surface area contributed by atoms with Gasteiger partial charge in [-0.25, -0.2) is 0 Å². The fraction of sp³-hybridized carbons (Fsp3) is 0.458. The summed E-state index contributed by atoms with van der Waals surface area (Å²) in [6, 6.07) is 8.58. The van der Waals surface area contributed by atoms with E-state index in [1.54, 1.807) is 25.1 Å². The number of likely N-dealkylation sites (tertiary alicyclic amines) is 1. The van der Waals surface area contributed by atoms with Crippen LogP contribution in [-0.2, 0) is 30.1 Å². The van der Waals surface area contributed by atoms with Crippen LogP contribution in [0, 0.1) is 5.92 Å². The average Bonchev–Trinajstić information content (AvgIpc) is 3.23. The first-order valence-corrected chi connectivity index (χ1v) is 12.8. The lowest BCUT2D eigenvalue weighted by Gasteiger charge is -2.20. The van der Waals surface area contributed by atoms with Crippen LogP contribution in [0.3, 0.4) is 0 Å². The molecule has 1 saturated heterocycles. The zero-order valence-electron chi connectivity index (χ0n) is 19.2. The molecule has 10 heteroatoms. The lowest BCUT2D eigenvalue weighted by Crippen LogP contribution is -2.26. The Kier molecular flexibility index (Phi) is 9.14. The van der Waals surface area contributed by atoms with Crippen LogP contribution < -0.4 is 10.6 Å². The number of amides is 1. The molecule has 0 radical (unpaired) electrons. The molecule has 0 aliphatic carbocycles. The summed E-state index contributed by atoms with van der Waals surface area (Å²) in [6.07, 6.45) is -3.63. The van der Waals surface area contributed by atoms with Crippen LogP contribution in [0.1, 0.15) is 40.4 Å². The van der Waals surface area contributed by atoms with E-state index in [4.69, 9.17) is 11.6 Å². The zero-order chi connectivity index (χ0) is 24.9. The van der Waals surface area contributed by atoms with Gasteiger partial charge in [-0.1, -0.05) is 24.6 Å². The SMILES string of the molecule is CCS(=O)c1ccc(Cl)cc1CNC(=O)c1ccc(CN2CC[C@H](CNC)C2)c(C(F)(F)F)c1. The van der Waals surface area contributed by atoms with Gasteiger partial charge >= 0.3 is 6.18 Å². The number of hydrogen-bond donors (Lipinski definition) is 2. The maximum absolute atomic E-state index is 13.8. The van der Waals surface area contributed by atoms with E-state index in [0.29, 0.717) is 27.2 Å². The van der Waals surface area contributed by atoms with Crippen molar-refractivity contribution in [3.63, 3.8) is 0 Å². The Hall–Kier alpha value is -1.94. The van der Waals surface area contributed by atoms with Crippen LogP contribution in [-0.4, -0.2) is 47.5 Å². The number of alkyl halides is 3. The summed E-state index contributed by atoms with van der Waals surface area (Å²) in [6.45, 7) is 4.28. The number of carbonyl (C=O) groups is 1. The molecule has 1 aliphatic rings. The Labute approximate surface area is 205 Å². The summed E-state index contributed by atoms with van der Waals surface area (Å²) in [4.78, 5) is 15.3. The smallest absolute Gasteiger partial charge is 0.348 e. The zero-order valence-corrected chi connectivity index (χ0v) is 20.7. The van der Waals surface area contributed by atoms with Gasteiger partial charge in [0.25, 0.3) is 5.91 Å². The van der Waals surface area contributed by atoms with Crippen molar-refractivity contribution in [3.05, 3.63) is 63.7 Å². The van der Waals surface area contributed by atoms with Crippen LogP contribution in [0.2, 0.25) is 5.02 Å². The molecule has 1 aliphatic heterocycles. The van der Waals surface area contributed by atoms with Crippen molar-refractivity contribution in [1.82, 2.24) is 15.5 Å². The number of carbonyl (C=O) groups excluding carboxylic acids is 1. The van der Waals surface area contributed by atoms with E-state index < -0.39 is 28.4 Å². The van der Waals surface area contributed by atoms with Crippen molar-refractivity contribution in [1.29, 1.82) is 0 Å². The van der Waals surface area contributed by atoms with Crippen LogP contribution in [0.5, 0.6) is 0 Å². The third-order valence-electron chi connectivity index (χ3n) is 5.90. The van der Waals surface area contributed by atoms with Gasteiger partial charge in [0.1, 0.15) is 0 Å². The van der Waals surface area contributed by atoms with Crippen LogP contribution in [0.4, 0.5) is 13.2 Å². The molecule has 0 saturated carbocycles. The number of halogens is 4. The van der Waals surface area contributed by atoms with E-state index in [-0.39, 0.29) is 24.2 Å². The molecule has 34 heavy (non-hydrogen) atoms. The van der Waals surface area contributed by atoms with Gasteiger partial charge in [0.15, 0.2) is 0 Å². The maximum Gasteiger partial charge on any atom is 0.416 e. The van der Waals surface area contributed by atoms with Gasteiger partial charge < -0.3 is 10.6 Å². The number of hydrogen-bond acceptors (Lipinski definition) is 4. The Morgan fingerprint density at radius 2 is 1.97 bits per heavy atom. The van der Waals surface area contributed by atoms with Crippen LogP contribution in [0.15, 0.2) is 41.3 Å². The monoisotopic (exact) mass is 515 g/mol. The minimum atomic E-state index is -4.58. The Bertz CT molecular complexity index is 1050. The van der Waals surface area contributed by atoms with Gasteiger partial charge in [-0.05, 0) is 73.9 Å². The van der Waals surface area contributed by atoms with Crippen LogP contribution in [0.25, 0.3) is 0 Å². The van der Waals surface area contributed by atoms with Gasteiger partial charge in [0.05, 0.1) is 16.4 Å². The van der Waals surface area contributed by atoms with E-state index in [9.17, 15) is 22.2 Å². The molecule has 186 valence electrons. The fourth-order valence-corrected chi connectivity index (χ4v) is 5.36. The summed E-state index contributed by atoms with van der Waals surface area (Å²) in [5.74, 6) is 0.175. The highest BCUT2D eigenvalue weighted by Gasteiger charge is 2.35. The Morgan fingerprint density at radius 1 is 1.21 bits per heavy atom. The third kappa shape index (κ3) is 6.81. The summed E-state index contributed by atoms with van der Waals surface area (Å²) in [7, 11) is 0.604. The molecule has 1 unspecified atom stereocenters. The fourth-order valence-electron chi connectivity index (χ4n) is 4.21. The lowest BCUT2D eigenvalue weighted by atomic mass is 10.0. The number of nitrogens with zero attached hydrogens (tertiary/aromatic N) is 1. The van der Waals surface area contributed by atoms with Crippen molar-refractivity contribution in [3.8, 4) is 0 Å². The molecule has 2 aromatic carbocycles. The second kappa shape index (κ2) is 11.7. The van der Waals surface area contributed by atoms with Crippen LogP contribution >= 0.6 is 11.6 Å². The minimum Gasteiger partial charge on any atom is -0.348 e. The second-order valence-corrected chi connectivity index (χ2v) is 10.5. The van der Waals surface area contributed by atoms with Crippen molar-refractivity contribution >= 4 is 28.3 Å². The highest BCUT2D eigenvalue weighted by molar-refractivity contribution is 7.85. The van der Waals surface area contributed by atoms with Gasteiger partial charge in [-0.15, -0.1) is 0 Å². The molecule has 3 rings (SSSR count). The first kappa shape index (κ1) is 26.7. The van der Waals surface area contributed by atoms with Crippen molar-refractivity contribution in [2.45, 2.75) is 37.5 Å². The molecule has 1 amide bonds. The maximum atomic E-state index is 13.8. The first-order chi connectivity index (χ1) is 16.1. The molecule has 2 aromatic rings. The topological polar surface area (TPSA) is 61.4 Å². The van der Waals surface area contributed by atoms with E-state index in [2.05, 4.69) is 10.6 Å². The molecule has 0 bridgehead atoms. The van der Waals surface area contributed by atoms with E-state index in [1.807, 2.05) is 11.9 Å². The Balaban J connectivity index is 1.76. The lowest BCUT2D eigenvalue weighted by molar-refractivity contribution is -0.138. The van der Waals surface area contributed by atoms with E-state index in [1.165, 1.54) is 12.1 Å². The molecular formula is C24H29ClF3N3O2S. The van der Waals surface area contributed by atoms with E-state index >= 15 is 0 Å². The summed E-state index contributed by atoms with van der Waals surface area (Å²) < 4.78 is 53.8. The van der Waals surface area contributed by atoms with Gasteiger partial charge in [0, 0.05) is 40.9 Å². The largest absolute Gasteiger partial charge is 0.416 e. The predicted molar refractivity (Wildman–Crippen MR) is 128 cm³/mol. The first-order valence-electron chi connectivity index (χ1n) is 11.1. The standard InChI is InChI=1S/C24H29ClF3N3O2S/c1-3-34(33)22-7-6-20(25)10-19(22)13-30-23(32)17-4-5-18(21(11-17)24(26,27)28)15-31-9-8-16(14-31)12-29-2/h4-7,10-11,16,29H,3,8-9,12-15H2,1-2H3,(H,30,32)/t16-,34?/m1/s1. The highest BCUT2D eigenvalue weighted by Crippen LogP contribution is 2.34. The van der Waals surface area contributed by atoms with E-state index in [0.717, 1.165) is 32.1 Å².